The highest BCUT2D eigenvalue weighted by molar-refractivity contribution is 5.26. The minimum absolute atomic E-state index is 0.576. The molecule has 0 amide bonds. The van der Waals surface area contributed by atoms with Crippen molar-refractivity contribution in [1.29, 1.82) is 0 Å². The van der Waals surface area contributed by atoms with Crippen LogP contribution in [0.1, 0.15) is 17.3 Å². The molecule has 1 aromatic carbocycles. The molecule has 1 N–H and O–H groups in total. The Morgan fingerprint density at radius 2 is 2.00 bits per heavy atom. The van der Waals surface area contributed by atoms with Gasteiger partial charge in [-0.05, 0) is 24.6 Å². The number of methoxy groups -OCH3 is 1. The normalized spacial score (nSPS) is 10.5. The highest BCUT2D eigenvalue weighted by Crippen LogP contribution is 2.11. The lowest BCUT2D eigenvalue weighted by atomic mass is 10.2. The van der Waals surface area contributed by atoms with Crippen LogP contribution in [0.5, 0.6) is 5.75 Å². The molecule has 1 heterocycles. The topological polar surface area (TPSA) is 60.2 Å². The van der Waals surface area contributed by atoms with Gasteiger partial charge in [0.25, 0.3) is 0 Å². The Morgan fingerprint density at radius 3 is 2.59 bits per heavy atom. The molecule has 0 bridgehead atoms. The summed E-state index contributed by atoms with van der Waals surface area (Å²) in [5.74, 6) is 2.13. The first-order valence-electron chi connectivity index (χ1n) is 5.41. The molecule has 5 nitrogen and oxygen atoms in total. The largest absolute Gasteiger partial charge is 0.497 e. The van der Waals surface area contributed by atoms with E-state index < -0.39 is 0 Å². The van der Waals surface area contributed by atoms with Crippen molar-refractivity contribution >= 4 is 0 Å². The maximum Gasteiger partial charge on any atom is 0.240 e. The maximum atomic E-state index is 5.09. The van der Waals surface area contributed by atoms with E-state index in [1.807, 2.05) is 24.3 Å². The lowest BCUT2D eigenvalue weighted by Crippen LogP contribution is -2.12. The van der Waals surface area contributed by atoms with Crippen LogP contribution in [0.25, 0.3) is 0 Å². The molecule has 1 aromatic heterocycles. The molecule has 0 aliphatic carbocycles. The first-order chi connectivity index (χ1) is 8.28. The fourth-order valence-electron chi connectivity index (χ4n) is 1.47. The van der Waals surface area contributed by atoms with Crippen LogP contribution in [-0.2, 0) is 13.1 Å². The van der Waals surface area contributed by atoms with Crippen LogP contribution >= 0.6 is 0 Å². The number of aryl methyl sites for hydroxylation is 1. The van der Waals surface area contributed by atoms with E-state index in [9.17, 15) is 0 Å². The van der Waals surface area contributed by atoms with Crippen LogP contribution in [0.2, 0.25) is 0 Å². The van der Waals surface area contributed by atoms with Gasteiger partial charge in [-0.3, -0.25) is 0 Å². The number of aromatic nitrogens is 2. The van der Waals surface area contributed by atoms with E-state index in [-0.39, 0.29) is 0 Å². The molecule has 0 saturated heterocycles. The van der Waals surface area contributed by atoms with Gasteiger partial charge >= 0.3 is 0 Å². The van der Waals surface area contributed by atoms with Crippen LogP contribution in [0.15, 0.2) is 28.8 Å². The Kier molecular flexibility index (Phi) is 3.72. The number of rotatable bonds is 5. The van der Waals surface area contributed by atoms with E-state index in [0.29, 0.717) is 18.3 Å². The van der Waals surface area contributed by atoms with E-state index in [1.54, 1.807) is 14.0 Å². The predicted molar refractivity (Wildman–Crippen MR) is 62.6 cm³/mol. The van der Waals surface area contributed by atoms with Crippen molar-refractivity contribution in [3.8, 4) is 5.75 Å². The third kappa shape index (κ3) is 3.29. The average Bonchev–Trinajstić information content (AvgIpc) is 2.76. The Labute approximate surface area is 99.8 Å². The fourth-order valence-corrected chi connectivity index (χ4v) is 1.47. The van der Waals surface area contributed by atoms with E-state index in [1.165, 1.54) is 5.56 Å². The van der Waals surface area contributed by atoms with Crippen molar-refractivity contribution in [1.82, 2.24) is 15.5 Å². The fraction of sp³-hybridized carbons (Fsp3) is 0.333. The number of benzene rings is 1. The molecule has 0 saturated carbocycles. The van der Waals surface area contributed by atoms with Gasteiger partial charge < -0.3 is 14.6 Å². The highest BCUT2D eigenvalue weighted by atomic mass is 16.5. The summed E-state index contributed by atoms with van der Waals surface area (Å²) in [5, 5.41) is 6.95. The number of hydrogen-bond acceptors (Lipinski definition) is 5. The van der Waals surface area contributed by atoms with Gasteiger partial charge in [0.15, 0.2) is 5.82 Å². The van der Waals surface area contributed by atoms with Gasteiger partial charge in [-0.1, -0.05) is 17.3 Å². The number of hydrogen-bond donors (Lipinski definition) is 1. The minimum Gasteiger partial charge on any atom is -0.497 e. The van der Waals surface area contributed by atoms with Gasteiger partial charge in [-0.25, -0.2) is 0 Å². The van der Waals surface area contributed by atoms with Gasteiger partial charge in [0, 0.05) is 6.54 Å². The molecular weight excluding hydrogens is 218 g/mol. The van der Waals surface area contributed by atoms with Gasteiger partial charge in [-0.2, -0.15) is 4.98 Å². The molecule has 90 valence electrons. The van der Waals surface area contributed by atoms with Crippen LogP contribution in [0.4, 0.5) is 0 Å². The van der Waals surface area contributed by atoms with E-state index in [0.717, 1.165) is 12.3 Å². The first kappa shape index (κ1) is 11.6. The summed E-state index contributed by atoms with van der Waals surface area (Å²) >= 11 is 0. The molecule has 5 heteroatoms. The SMILES string of the molecule is COc1ccc(CNCc2nc(C)no2)cc1. The molecule has 0 aliphatic heterocycles. The van der Waals surface area contributed by atoms with E-state index in [2.05, 4.69) is 15.5 Å². The number of ether oxygens (including phenoxy) is 1. The summed E-state index contributed by atoms with van der Waals surface area (Å²) in [7, 11) is 1.66. The lowest BCUT2D eigenvalue weighted by molar-refractivity contribution is 0.364. The highest BCUT2D eigenvalue weighted by Gasteiger charge is 2.01. The van der Waals surface area contributed by atoms with Crippen LogP contribution in [0.3, 0.4) is 0 Å². The van der Waals surface area contributed by atoms with E-state index in [4.69, 9.17) is 9.26 Å². The van der Waals surface area contributed by atoms with Gasteiger partial charge in [0.2, 0.25) is 5.89 Å². The molecule has 0 unspecified atom stereocenters. The molecular formula is C12H15N3O2. The van der Waals surface area contributed by atoms with Gasteiger partial charge in [0.1, 0.15) is 5.75 Å². The minimum atomic E-state index is 0.576. The quantitative estimate of drug-likeness (QED) is 0.851. The van der Waals surface area contributed by atoms with Gasteiger partial charge in [-0.15, -0.1) is 0 Å². The smallest absolute Gasteiger partial charge is 0.240 e. The summed E-state index contributed by atoms with van der Waals surface area (Å²) in [4.78, 5) is 4.11. The zero-order valence-corrected chi connectivity index (χ0v) is 9.93. The van der Waals surface area contributed by atoms with Crippen LogP contribution < -0.4 is 10.1 Å². The summed E-state index contributed by atoms with van der Waals surface area (Å²) in [6.45, 7) is 3.13. The predicted octanol–water partition coefficient (Wildman–Crippen LogP) is 1.68. The Hall–Kier alpha value is -1.88. The van der Waals surface area contributed by atoms with Crippen LogP contribution in [0, 0.1) is 6.92 Å². The number of nitrogens with one attached hydrogen (secondary N) is 1. The maximum absolute atomic E-state index is 5.09. The van der Waals surface area contributed by atoms with E-state index >= 15 is 0 Å². The van der Waals surface area contributed by atoms with Gasteiger partial charge in [0.05, 0.1) is 13.7 Å². The summed E-state index contributed by atoms with van der Waals surface area (Å²) in [6.07, 6.45) is 0. The molecule has 2 aromatic rings. The molecule has 0 spiro atoms. The first-order valence-corrected chi connectivity index (χ1v) is 5.41. The lowest BCUT2D eigenvalue weighted by Gasteiger charge is -2.03. The average molecular weight is 233 g/mol. The monoisotopic (exact) mass is 233 g/mol. The third-order valence-electron chi connectivity index (χ3n) is 2.33. The summed E-state index contributed by atoms with van der Waals surface area (Å²) < 4.78 is 10.1. The molecule has 0 atom stereocenters. The number of nitrogens with zero attached hydrogens (tertiary/aromatic N) is 2. The summed E-state index contributed by atoms with van der Waals surface area (Å²) in [5.41, 5.74) is 1.18. The second kappa shape index (κ2) is 5.45. The second-order valence-electron chi connectivity index (χ2n) is 3.69. The molecule has 0 fully saturated rings. The Balaban J connectivity index is 1.81. The zero-order valence-electron chi connectivity index (χ0n) is 9.93. The Morgan fingerprint density at radius 1 is 1.24 bits per heavy atom. The van der Waals surface area contributed by atoms with Crippen molar-refractivity contribution in [2.24, 2.45) is 0 Å². The summed E-state index contributed by atoms with van der Waals surface area (Å²) in [6, 6.07) is 7.91. The zero-order chi connectivity index (χ0) is 12.1. The van der Waals surface area contributed by atoms with Crippen molar-refractivity contribution in [2.45, 2.75) is 20.0 Å². The molecule has 0 aliphatic rings. The molecule has 0 radical (unpaired) electrons. The molecule has 17 heavy (non-hydrogen) atoms. The van der Waals surface area contributed by atoms with Crippen molar-refractivity contribution in [2.75, 3.05) is 7.11 Å². The van der Waals surface area contributed by atoms with Crippen molar-refractivity contribution in [3.63, 3.8) is 0 Å². The molecule has 2 rings (SSSR count). The second-order valence-corrected chi connectivity index (χ2v) is 3.69. The van der Waals surface area contributed by atoms with Crippen LogP contribution in [-0.4, -0.2) is 17.3 Å². The third-order valence-corrected chi connectivity index (χ3v) is 2.33. The standard InChI is InChI=1S/C12H15N3O2/c1-9-14-12(17-15-9)8-13-7-10-3-5-11(16-2)6-4-10/h3-6,13H,7-8H2,1-2H3. The Bertz CT molecular complexity index is 465. The van der Waals surface area contributed by atoms with Crippen molar-refractivity contribution < 1.29 is 9.26 Å². The van der Waals surface area contributed by atoms with Crippen molar-refractivity contribution in [3.05, 3.63) is 41.5 Å².